The molecular weight excluding hydrogens is 503 g/mol. The third-order valence-electron chi connectivity index (χ3n) is 6.90. The second kappa shape index (κ2) is 9.58. The van der Waals surface area contributed by atoms with Crippen LogP contribution in [0.3, 0.4) is 0 Å². The van der Waals surface area contributed by atoms with Gasteiger partial charge in [-0.05, 0) is 49.6 Å². The molecule has 3 heterocycles. The number of hydrogen-bond donors (Lipinski definition) is 1. The lowest BCUT2D eigenvalue weighted by Crippen LogP contribution is -2.39. The summed E-state index contributed by atoms with van der Waals surface area (Å²) in [5.41, 5.74) is 4.77. The number of urea groups is 1. The molecule has 1 aromatic heterocycles. The van der Waals surface area contributed by atoms with Crippen LogP contribution in [0.25, 0.3) is 16.9 Å². The number of anilines is 2. The zero-order valence-corrected chi connectivity index (χ0v) is 20.8. The topological polar surface area (TPSA) is 103 Å². The standard InChI is InChI=1S/C26H26F3N5O4/c1-37-17-11-15(12-18(14-17)38-2)22-19-7-10-33(25(30)36)23(19)24(35)34(31-22)21-13-16(32-8-3-4-9-32)5-6-20(21)26(27,28)29/h5-6,11-14H,3-4,7-10H2,1-2H3,(H2,30,36). The fourth-order valence-corrected chi connectivity index (χ4v) is 5.06. The molecular formula is C26H26F3N5O4. The zero-order chi connectivity index (χ0) is 27.2. The van der Waals surface area contributed by atoms with E-state index in [1.54, 1.807) is 18.2 Å². The predicted octanol–water partition coefficient (Wildman–Crippen LogP) is 3.98. The van der Waals surface area contributed by atoms with E-state index in [1.165, 1.54) is 26.4 Å². The van der Waals surface area contributed by atoms with Crippen LogP contribution in [0.1, 0.15) is 24.0 Å². The molecule has 9 nitrogen and oxygen atoms in total. The summed E-state index contributed by atoms with van der Waals surface area (Å²) in [5.74, 6) is 0.842. The number of primary amides is 1. The molecule has 5 rings (SSSR count). The summed E-state index contributed by atoms with van der Waals surface area (Å²) in [6.45, 7) is 1.49. The summed E-state index contributed by atoms with van der Waals surface area (Å²) in [5, 5.41) is 4.47. The Morgan fingerprint density at radius 1 is 1.00 bits per heavy atom. The number of carbonyl (C=O) groups is 1. The maximum atomic E-state index is 14.2. The molecule has 1 saturated heterocycles. The number of aromatic nitrogens is 2. The molecule has 0 radical (unpaired) electrons. The smallest absolute Gasteiger partial charge is 0.418 e. The lowest BCUT2D eigenvalue weighted by Gasteiger charge is -2.22. The maximum Gasteiger partial charge on any atom is 0.418 e. The molecule has 200 valence electrons. The number of fused-ring (bicyclic) bond motifs is 1. The number of halogens is 3. The van der Waals surface area contributed by atoms with Crippen molar-refractivity contribution in [1.82, 2.24) is 9.78 Å². The first-order valence-electron chi connectivity index (χ1n) is 12.1. The molecule has 0 spiro atoms. The van der Waals surface area contributed by atoms with Crippen LogP contribution >= 0.6 is 0 Å². The van der Waals surface area contributed by atoms with Gasteiger partial charge in [-0.3, -0.25) is 9.69 Å². The van der Waals surface area contributed by atoms with Crippen LogP contribution in [-0.2, 0) is 12.6 Å². The number of alkyl halides is 3. The summed E-state index contributed by atoms with van der Waals surface area (Å²) >= 11 is 0. The average Bonchev–Trinajstić information content (AvgIpc) is 3.59. The van der Waals surface area contributed by atoms with Crippen LogP contribution < -0.4 is 30.6 Å². The van der Waals surface area contributed by atoms with E-state index in [0.29, 0.717) is 41.4 Å². The highest BCUT2D eigenvalue weighted by molar-refractivity contribution is 5.94. The molecule has 0 aliphatic carbocycles. The van der Waals surface area contributed by atoms with Gasteiger partial charge >= 0.3 is 12.2 Å². The monoisotopic (exact) mass is 529 g/mol. The van der Waals surface area contributed by atoms with Gasteiger partial charge in [0, 0.05) is 42.5 Å². The lowest BCUT2D eigenvalue weighted by molar-refractivity contribution is -0.137. The summed E-state index contributed by atoms with van der Waals surface area (Å²) in [7, 11) is 2.93. The molecule has 0 saturated carbocycles. The van der Waals surface area contributed by atoms with Crippen molar-refractivity contribution in [2.24, 2.45) is 5.73 Å². The highest BCUT2D eigenvalue weighted by Crippen LogP contribution is 2.39. The van der Waals surface area contributed by atoms with Gasteiger partial charge in [-0.1, -0.05) is 0 Å². The number of hydrogen-bond acceptors (Lipinski definition) is 6. The van der Waals surface area contributed by atoms with Crippen molar-refractivity contribution in [3.05, 3.63) is 57.9 Å². The Morgan fingerprint density at radius 3 is 2.24 bits per heavy atom. The quantitative estimate of drug-likeness (QED) is 0.537. The minimum absolute atomic E-state index is 0.0935. The zero-order valence-electron chi connectivity index (χ0n) is 20.8. The highest BCUT2D eigenvalue weighted by atomic mass is 19.4. The first kappa shape index (κ1) is 25.4. The van der Waals surface area contributed by atoms with Crippen molar-refractivity contribution in [3.8, 4) is 28.4 Å². The van der Waals surface area contributed by atoms with E-state index in [1.807, 2.05) is 4.90 Å². The van der Waals surface area contributed by atoms with Gasteiger partial charge in [0.05, 0.1) is 31.2 Å². The Morgan fingerprint density at radius 2 is 1.66 bits per heavy atom. The lowest BCUT2D eigenvalue weighted by atomic mass is 10.0. The fourth-order valence-electron chi connectivity index (χ4n) is 5.06. The Hall–Kier alpha value is -4.22. The highest BCUT2D eigenvalue weighted by Gasteiger charge is 2.37. The molecule has 1 fully saturated rings. The van der Waals surface area contributed by atoms with Gasteiger partial charge in [-0.2, -0.15) is 23.0 Å². The molecule has 2 amide bonds. The molecule has 0 unspecified atom stereocenters. The van der Waals surface area contributed by atoms with E-state index < -0.39 is 29.0 Å². The summed E-state index contributed by atoms with van der Waals surface area (Å²) < 4.78 is 54.0. The van der Waals surface area contributed by atoms with Crippen LogP contribution in [-0.4, -0.2) is 49.7 Å². The van der Waals surface area contributed by atoms with E-state index in [0.717, 1.165) is 28.5 Å². The molecule has 3 aromatic rings. The third kappa shape index (κ3) is 4.39. The van der Waals surface area contributed by atoms with Crippen LogP contribution in [0.2, 0.25) is 0 Å². The first-order valence-corrected chi connectivity index (χ1v) is 12.1. The minimum Gasteiger partial charge on any atom is -0.497 e. The molecule has 38 heavy (non-hydrogen) atoms. The normalized spacial score (nSPS) is 15.1. The van der Waals surface area contributed by atoms with E-state index in [2.05, 4.69) is 5.10 Å². The second-order valence-corrected chi connectivity index (χ2v) is 9.13. The summed E-state index contributed by atoms with van der Waals surface area (Å²) in [4.78, 5) is 29.0. The number of carbonyl (C=O) groups excluding carboxylic acids is 1. The number of amides is 2. The predicted molar refractivity (Wildman–Crippen MR) is 135 cm³/mol. The average molecular weight is 530 g/mol. The van der Waals surface area contributed by atoms with Crippen molar-refractivity contribution in [2.75, 3.05) is 43.7 Å². The molecule has 2 aliphatic heterocycles. The van der Waals surface area contributed by atoms with Gasteiger partial charge in [0.15, 0.2) is 0 Å². The van der Waals surface area contributed by atoms with Crippen molar-refractivity contribution >= 4 is 17.4 Å². The summed E-state index contributed by atoms with van der Waals surface area (Å²) in [6, 6.07) is 7.72. The molecule has 12 heteroatoms. The van der Waals surface area contributed by atoms with E-state index >= 15 is 0 Å². The minimum atomic E-state index is -4.76. The van der Waals surface area contributed by atoms with Crippen LogP contribution in [0.15, 0.2) is 41.2 Å². The maximum absolute atomic E-state index is 14.2. The van der Waals surface area contributed by atoms with E-state index in [-0.39, 0.29) is 24.3 Å². The molecule has 0 bridgehead atoms. The van der Waals surface area contributed by atoms with Crippen molar-refractivity contribution in [1.29, 1.82) is 0 Å². The number of rotatable bonds is 5. The number of benzene rings is 2. The van der Waals surface area contributed by atoms with Crippen molar-refractivity contribution < 1.29 is 27.4 Å². The Balaban J connectivity index is 1.82. The van der Waals surface area contributed by atoms with Crippen LogP contribution in [0.4, 0.5) is 29.3 Å². The number of methoxy groups -OCH3 is 2. The van der Waals surface area contributed by atoms with Crippen LogP contribution in [0.5, 0.6) is 11.5 Å². The Bertz CT molecular complexity index is 1440. The van der Waals surface area contributed by atoms with Crippen LogP contribution in [0, 0.1) is 0 Å². The first-order chi connectivity index (χ1) is 18.1. The van der Waals surface area contributed by atoms with Gasteiger partial charge in [-0.25, -0.2) is 4.79 Å². The van der Waals surface area contributed by atoms with Gasteiger partial charge in [0.2, 0.25) is 0 Å². The molecule has 0 atom stereocenters. The SMILES string of the molecule is COc1cc(OC)cc(-c2nn(-c3cc(N4CCCC4)ccc3C(F)(F)F)c(=O)c3c2CCN3C(N)=O)c1. The number of nitrogens with zero attached hydrogens (tertiary/aromatic N) is 4. The number of nitrogens with two attached hydrogens (primary N) is 1. The van der Waals surface area contributed by atoms with Gasteiger partial charge in [0.25, 0.3) is 5.56 Å². The summed E-state index contributed by atoms with van der Waals surface area (Å²) in [6.07, 6.45) is -2.68. The molecule has 2 N–H and O–H groups in total. The van der Waals surface area contributed by atoms with Gasteiger partial charge in [0.1, 0.15) is 17.2 Å². The van der Waals surface area contributed by atoms with E-state index in [4.69, 9.17) is 15.2 Å². The van der Waals surface area contributed by atoms with Gasteiger partial charge < -0.3 is 20.1 Å². The van der Waals surface area contributed by atoms with E-state index in [9.17, 15) is 22.8 Å². The van der Waals surface area contributed by atoms with Gasteiger partial charge in [-0.15, -0.1) is 0 Å². The van der Waals surface area contributed by atoms with Crippen molar-refractivity contribution in [2.45, 2.75) is 25.4 Å². The Kier molecular flexibility index (Phi) is 6.41. The number of ether oxygens (including phenoxy) is 2. The van der Waals surface area contributed by atoms with Crippen molar-refractivity contribution in [3.63, 3.8) is 0 Å². The molecule has 2 aromatic carbocycles. The Labute approximate surface area is 216 Å². The third-order valence-corrected chi connectivity index (χ3v) is 6.90. The molecule has 2 aliphatic rings. The fraction of sp³-hybridized carbons (Fsp3) is 0.346. The largest absolute Gasteiger partial charge is 0.497 e. The second-order valence-electron chi connectivity index (χ2n) is 9.13.